The molecular weight excluding hydrogens is 253 g/mol. The van der Waals surface area contributed by atoms with Crippen LogP contribution in [-0.4, -0.2) is 17.5 Å². The van der Waals surface area contributed by atoms with Gasteiger partial charge in [-0.2, -0.15) is 0 Å². The molecule has 1 N–H and O–H groups in total. The zero-order valence-electron chi connectivity index (χ0n) is 10.4. The van der Waals surface area contributed by atoms with Gasteiger partial charge < -0.3 is 5.21 Å². The molecule has 0 aliphatic carbocycles. The number of oxime groups is 1. The fraction of sp³-hybridized carbons (Fsp3) is 0.417. The summed E-state index contributed by atoms with van der Waals surface area (Å²) in [5.41, 5.74) is 0.855. The highest BCUT2D eigenvalue weighted by Crippen LogP contribution is 2.35. The van der Waals surface area contributed by atoms with Gasteiger partial charge in [0.2, 0.25) is 0 Å². The van der Waals surface area contributed by atoms with Crippen molar-refractivity contribution in [3.63, 3.8) is 0 Å². The summed E-state index contributed by atoms with van der Waals surface area (Å²) in [6, 6.07) is 9.31. The average molecular weight is 270 g/mol. The Morgan fingerprint density at radius 2 is 2.00 bits per heavy atom. The minimum Gasteiger partial charge on any atom is -0.411 e. The van der Waals surface area contributed by atoms with Crippen molar-refractivity contribution >= 4 is 14.5 Å². The van der Waals surface area contributed by atoms with Crippen LogP contribution in [0.5, 0.6) is 0 Å². The van der Waals surface area contributed by atoms with Crippen LogP contribution in [0.3, 0.4) is 0 Å². The summed E-state index contributed by atoms with van der Waals surface area (Å²) in [6.07, 6.45) is 1.00. The summed E-state index contributed by atoms with van der Waals surface area (Å²) in [7, 11) is -2.19. The fourth-order valence-electron chi connectivity index (χ4n) is 1.35. The largest absolute Gasteiger partial charge is 0.698 e. The Balaban J connectivity index is 2.70. The zero-order valence-corrected chi connectivity index (χ0v) is 11.3. The molecule has 0 saturated heterocycles. The van der Waals surface area contributed by atoms with Gasteiger partial charge in [-0.25, -0.2) is 0 Å². The van der Waals surface area contributed by atoms with Crippen molar-refractivity contribution in [1.82, 2.24) is 0 Å². The van der Waals surface area contributed by atoms with Crippen molar-refractivity contribution in [1.29, 1.82) is 0 Å². The SMILES string of the molecule is CC(C)O[P+](=O)OC(CC=NO)c1ccccc1. The van der Waals surface area contributed by atoms with Crippen LogP contribution in [0.2, 0.25) is 0 Å². The summed E-state index contributed by atoms with van der Waals surface area (Å²) in [6.45, 7) is 3.56. The first-order valence-corrected chi connectivity index (χ1v) is 6.74. The topological polar surface area (TPSA) is 68.1 Å². The molecule has 0 spiro atoms. The molecule has 0 amide bonds. The lowest BCUT2D eigenvalue weighted by Crippen LogP contribution is -2.03. The third kappa shape index (κ3) is 5.36. The van der Waals surface area contributed by atoms with Gasteiger partial charge in [0.1, 0.15) is 12.2 Å². The molecule has 98 valence electrons. The Labute approximate surface area is 107 Å². The molecule has 2 unspecified atom stereocenters. The fourth-order valence-corrected chi connectivity index (χ4v) is 2.16. The molecular formula is C12H17NO4P+. The Morgan fingerprint density at radius 3 is 2.56 bits per heavy atom. The normalized spacial score (nSPS) is 14.1. The maximum atomic E-state index is 11.6. The number of hydrogen-bond acceptors (Lipinski definition) is 5. The molecule has 2 atom stereocenters. The van der Waals surface area contributed by atoms with E-state index in [2.05, 4.69) is 5.16 Å². The van der Waals surface area contributed by atoms with Crippen molar-refractivity contribution in [2.45, 2.75) is 32.5 Å². The van der Waals surface area contributed by atoms with Crippen LogP contribution in [0.1, 0.15) is 31.9 Å². The van der Waals surface area contributed by atoms with E-state index in [1.165, 1.54) is 6.21 Å². The third-order valence-corrected chi connectivity index (χ3v) is 3.10. The average Bonchev–Trinajstić information content (AvgIpc) is 2.34. The Bertz CT molecular complexity index is 394. The van der Waals surface area contributed by atoms with Crippen molar-refractivity contribution in [2.75, 3.05) is 0 Å². The van der Waals surface area contributed by atoms with Crippen LogP contribution in [-0.2, 0) is 13.6 Å². The molecule has 0 radical (unpaired) electrons. The molecule has 0 heterocycles. The standard InChI is InChI=1S/C12H16NO4P/c1-10(2)16-18(15)17-12(8-9-13-14)11-6-4-3-5-7-11/h3-7,9-10,12H,8H2,1-2H3/p+1. The van der Waals surface area contributed by atoms with Crippen LogP contribution >= 0.6 is 8.25 Å². The van der Waals surface area contributed by atoms with Crippen LogP contribution < -0.4 is 0 Å². The van der Waals surface area contributed by atoms with Crippen molar-refractivity contribution in [2.24, 2.45) is 5.16 Å². The van der Waals surface area contributed by atoms with E-state index < -0.39 is 14.4 Å². The second-order valence-electron chi connectivity index (χ2n) is 3.92. The lowest BCUT2D eigenvalue weighted by Gasteiger charge is -2.08. The minimum atomic E-state index is -2.19. The summed E-state index contributed by atoms with van der Waals surface area (Å²) in [5, 5.41) is 11.4. The van der Waals surface area contributed by atoms with Crippen molar-refractivity contribution in [3.05, 3.63) is 35.9 Å². The highest BCUT2D eigenvalue weighted by molar-refractivity contribution is 7.33. The number of nitrogens with zero attached hydrogens (tertiary/aromatic N) is 1. The van der Waals surface area contributed by atoms with E-state index in [0.717, 1.165) is 5.56 Å². The molecule has 0 bridgehead atoms. The Kier molecular flexibility index (Phi) is 6.50. The smallest absolute Gasteiger partial charge is 0.411 e. The highest BCUT2D eigenvalue weighted by atomic mass is 31.1. The molecule has 0 saturated carbocycles. The van der Waals surface area contributed by atoms with Crippen LogP contribution in [0.4, 0.5) is 0 Å². The highest BCUT2D eigenvalue weighted by Gasteiger charge is 2.29. The Morgan fingerprint density at radius 1 is 1.33 bits per heavy atom. The first kappa shape index (κ1) is 14.8. The van der Waals surface area contributed by atoms with E-state index in [0.29, 0.717) is 6.42 Å². The monoisotopic (exact) mass is 270 g/mol. The van der Waals surface area contributed by atoms with Crippen molar-refractivity contribution in [3.8, 4) is 0 Å². The van der Waals surface area contributed by atoms with Crippen molar-refractivity contribution < 1.29 is 18.8 Å². The van der Waals surface area contributed by atoms with E-state index in [1.54, 1.807) is 13.8 Å². The van der Waals surface area contributed by atoms with Crippen LogP contribution in [0.25, 0.3) is 0 Å². The number of rotatable bonds is 7. The maximum absolute atomic E-state index is 11.6. The molecule has 1 rings (SSSR count). The predicted molar refractivity (Wildman–Crippen MR) is 69.0 cm³/mol. The van der Waals surface area contributed by atoms with E-state index >= 15 is 0 Å². The summed E-state index contributed by atoms with van der Waals surface area (Å²) in [5.74, 6) is 0. The third-order valence-electron chi connectivity index (χ3n) is 2.08. The first-order chi connectivity index (χ1) is 8.63. The van der Waals surface area contributed by atoms with Gasteiger partial charge in [0.15, 0.2) is 0 Å². The van der Waals surface area contributed by atoms with Gasteiger partial charge in [0, 0.05) is 17.2 Å². The number of benzene rings is 1. The molecule has 6 heteroatoms. The second-order valence-corrected chi connectivity index (χ2v) is 4.79. The van der Waals surface area contributed by atoms with Crippen LogP contribution in [0, 0.1) is 0 Å². The zero-order chi connectivity index (χ0) is 13.4. The molecule has 1 aromatic carbocycles. The van der Waals surface area contributed by atoms with Gasteiger partial charge in [0.05, 0.1) is 0 Å². The van der Waals surface area contributed by atoms with Gasteiger partial charge in [0.25, 0.3) is 0 Å². The molecule has 0 fully saturated rings. The van der Waals surface area contributed by atoms with Gasteiger partial charge in [-0.15, -0.1) is 14.2 Å². The van der Waals surface area contributed by atoms with E-state index in [4.69, 9.17) is 14.3 Å². The van der Waals surface area contributed by atoms with Gasteiger partial charge >= 0.3 is 8.25 Å². The first-order valence-electron chi connectivity index (χ1n) is 5.65. The van der Waals surface area contributed by atoms with Crippen LogP contribution in [0.15, 0.2) is 35.5 Å². The van der Waals surface area contributed by atoms with Gasteiger partial charge in [-0.3, -0.25) is 0 Å². The molecule has 0 aromatic heterocycles. The second kappa shape index (κ2) is 7.93. The van der Waals surface area contributed by atoms with E-state index in [-0.39, 0.29) is 6.10 Å². The molecule has 5 nitrogen and oxygen atoms in total. The summed E-state index contributed by atoms with van der Waals surface area (Å²) in [4.78, 5) is 0. The maximum Gasteiger partial charge on any atom is 0.698 e. The van der Waals surface area contributed by atoms with Gasteiger partial charge in [-0.05, 0) is 19.4 Å². The summed E-state index contributed by atoms with van der Waals surface area (Å²) >= 11 is 0. The number of hydrogen-bond donors (Lipinski definition) is 1. The predicted octanol–water partition coefficient (Wildman–Crippen LogP) is 3.68. The molecule has 1 aromatic rings. The van der Waals surface area contributed by atoms with Gasteiger partial charge in [-0.1, -0.05) is 30.3 Å². The molecule has 18 heavy (non-hydrogen) atoms. The lowest BCUT2D eigenvalue weighted by atomic mass is 10.1. The Hall–Kier alpha value is -1.29. The van der Waals surface area contributed by atoms with E-state index in [1.807, 2.05) is 30.3 Å². The molecule has 0 aliphatic heterocycles. The molecule has 0 aliphatic rings. The lowest BCUT2D eigenvalue weighted by molar-refractivity contribution is 0.147. The minimum absolute atomic E-state index is 0.170. The van der Waals surface area contributed by atoms with E-state index in [9.17, 15) is 4.57 Å². The quantitative estimate of drug-likeness (QED) is 0.355. The summed E-state index contributed by atoms with van der Waals surface area (Å²) < 4.78 is 22.0.